The van der Waals surface area contributed by atoms with E-state index in [1.807, 2.05) is 0 Å². The Morgan fingerprint density at radius 2 is 2.25 bits per heavy atom. The van der Waals surface area contributed by atoms with Gasteiger partial charge in [0.25, 0.3) is 0 Å². The minimum Gasteiger partial charge on any atom is -0.271 e. The molecule has 0 saturated carbocycles. The summed E-state index contributed by atoms with van der Waals surface area (Å²) in [5.74, 6) is 6.44. The molecule has 0 spiro atoms. The van der Waals surface area contributed by atoms with Crippen LogP contribution in [0.5, 0.6) is 0 Å². The lowest BCUT2D eigenvalue weighted by molar-refractivity contribution is 0.380. The monoisotopic (exact) mass is 224 g/mol. The molecule has 0 radical (unpaired) electrons. The molecular formula is C14H28N2. The average Bonchev–Trinajstić information content (AvgIpc) is 2.30. The van der Waals surface area contributed by atoms with Gasteiger partial charge in [-0.05, 0) is 44.4 Å². The second kappa shape index (κ2) is 7.86. The summed E-state index contributed by atoms with van der Waals surface area (Å²) in [6.45, 7) is 4.59. The van der Waals surface area contributed by atoms with Crippen molar-refractivity contribution in [1.29, 1.82) is 0 Å². The Hall–Kier alpha value is -0.340. The Morgan fingerprint density at radius 3 is 2.81 bits per heavy atom. The molecule has 0 aromatic heterocycles. The molecule has 0 aromatic rings. The van der Waals surface area contributed by atoms with Gasteiger partial charge in [0.1, 0.15) is 0 Å². The van der Waals surface area contributed by atoms with Crippen molar-refractivity contribution < 1.29 is 0 Å². The van der Waals surface area contributed by atoms with E-state index in [0.29, 0.717) is 6.04 Å². The van der Waals surface area contributed by atoms with Crippen LogP contribution in [0.4, 0.5) is 0 Å². The molecule has 2 atom stereocenters. The van der Waals surface area contributed by atoms with Crippen molar-refractivity contribution in [3.63, 3.8) is 0 Å². The summed E-state index contributed by atoms with van der Waals surface area (Å²) < 4.78 is 0. The summed E-state index contributed by atoms with van der Waals surface area (Å²) in [7, 11) is 0. The highest BCUT2D eigenvalue weighted by Gasteiger charge is 2.14. The zero-order valence-corrected chi connectivity index (χ0v) is 11.0. The number of hydrogen-bond acceptors (Lipinski definition) is 2. The predicted octanol–water partition coefficient (Wildman–Crippen LogP) is 3.54. The first kappa shape index (κ1) is 13.7. The SMILES string of the molecule is CCCC(C)CC(CC1=CCCCC1)NN. The molecule has 0 fully saturated rings. The third-order valence-electron chi connectivity index (χ3n) is 3.60. The van der Waals surface area contributed by atoms with Crippen molar-refractivity contribution in [2.45, 2.75) is 71.3 Å². The molecule has 0 bridgehead atoms. The second-order valence-corrected chi connectivity index (χ2v) is 5.31. The molecule has 3 N–H and O–H groups in total. The van der Waals surface area contributed by atoms with E-state index in [2.05, 4.69) is 25.3 Å². The fourth-order valence-corrected chi connectivity index (χ4v) is 2.71. The molecule has 0 aliphatic heterocycles. The molecule has 16 heavy (non-hydrogen) atoms. The molecule has 0 saturated heterocycles. The van der Waals surface area contributed by atoms with Crippen molar-refractivity contribution in [1.82, 2.24) is 5.43 Å². The highest BCUT2D eigenvalue weighted by molar-refractivity contribution is 5.06. The van der Waals surface area contributed by atoms with Crippen LogP contribution in [0.2, 0.25) is 0 Å². The van der Waals surface area contributed by atoms with Crippen LogP contribution in [0.15, 0.2) is 11.6 Å². The van der Waals surface area contributed by atoms with Crippen molar-refractivity contribution >= 4 is 0 Å². The minimum atomic E-state index is 0.478. The first-order valence-electron chi connectivity index (χ1n) is 6.90. The van der Waals surface area contributed by atoms with E-state index in [1.165, 1.54) is 44.9 Å². The molecule has 0 heterocycles. The zero-order chi connectivity index (χ0) is 11.8. The van der Waals surface area contributed by atoms with Gasteiger partial charge in [-0.2, -0.15) is 0 Å². The highest BCUT2D eigenvalue weighted by atomic mass is 15.2. The Bertz CT molecular complexity index is 211. The van der Waals surface area contributed by atoms with Gasteiger partial charge in [-0.15, -0.1) is 0 Å². The van der Waals surface area contributed by atoms with Gasteiger partial charge in [-0.25, -0.2) is 0 Å². The van der Waals surface area contributed by atoms with E-state index in [0.717, 1.165) is 12.3 Å². The number of rotatable bonds is 7. The number of hydrogen-bond donors (Lipinski definition) is 2. The van der Waals surface area contributed by atoms with Gasteiger partial charge in [0.05, 0.1) is 0 Å². The molecule has 2 unspecified atom stereocenters. The maximum atomic E-state index is 5.66. The number of allylic oxidation sites excluding steroid dienone is 1. The molecule has 1 aliphatic rings. The van der Waals surface area contributed by atoms with Crippen LogP contribution in [-0.4, -0.2) is 6.04 Å². The lowest BCUT2D eigenvalue weighted by Gasteiger charge is -2.22. The molecule has 1 aliphatic carbocycles. The van der Waals surface area contributed by atoms with Crippen molar-refractivity contribution in [2.24, 2.45) is 11.8 Å². The highest BCUT2D eigenvalue weighted by Crippen LogP contribution is 2.24. The molecule has 2 heteroatoms. The van der Waals surface area contributed by atoms with E-state index >= 15 is 0 Å². The van der Waals surface area contributed by atoms with Gasteiger partial charge < -0.3 is 0 Å². The Labute approximate surface area is 101 Å². The maximum Gasteiger partial charge on any atom is 0.0250 e. The summed E-state index contributed by atoms with van der Waals surface area (Å²) in [5.41, 5.74) is 4.62. The van der Waals surface area contributed by atoms with E-state index in [9.17, 15) is 0 Å². The smallest absolute Gasteiger partial charge is 0.0250 e. The molecule has 94 valence electrons. The number of nitrogens with one attached hydrogen (secondary N) is 1. The predicted molar refractivity (Wildman–Crippen MR) is 71.0 cm³/mol. The van der Waals surface area contributed by atoms with Crippen LogP contribution >= 0.6 is 0 Å². The lowest BCUT2D eigenvalue weighted by Crippen LogP contribution is -2.36. The summed E-state index contributed by atoms with van der Waals surface area (Å²) in [6.07, 6.45) is 12.7. The van der Waals surface area contributed by atoms with E-state index in [-0.39, 0.29) is 0 Å². The Balaban J connectivity index is 2.32. The van der Waals surface area contributed by atoms with Crippen LogP contribution in [0.25, 0.3) is 0 Å². The normalized spacial score (nSPS) is 20.3. The summed E-state index contributed by atoms with van der Waals surface area (Å²) in [4.78, 5) is 0. The molecule has 0 amide bonds. The number of hydrazine groups is 1. The first-order chi connectivity index (χ1) is 7.76. The fraction of sp³-hybridized carbons (Fsp3) is 0.857. The first-order valence-corrected chi connectivity index (χ1v) is 6.90. The minimum absolute atomic E-state index is 0.478. The maximum absolute atomic E-state index is 5.66. The van der Waals surface area contributed by atoms with Crippen LogP contribution in [0.1, 0.15) is 65.2 Å². The Kier molecular flexibility index (Phi) is 6.74. The molecule has 1 rings (SSSR count). The van der Waals surface area contributed by atoms with E-state index < -0.39 is 0 Å². The molecular weight excluding hydrogens is 196 g/mol. The second-order valence-electron chi connectivity index (χ2n) is 5.31. The van der Waals surface area contributed by atoms with E-state index in [1.54, 1.807) is 5.57 Å². The molecule has 2 nitrogen and oxygen atoms in total. The topological polar surface area (TPSA) is 38.0 Å². The summed E-state index contributed by atoms with van der Waals surface area (Å²) in [6, 6.07) is 0.478. The standard InChI is InChI=1S/C14H28N2/c1-3-7-12(2)10-14(16-15)11-13-8-5-4-6-9-13/h8,12,14,16H,3-7,9-11,15H2,1-2H3. The zero-order valence-electron chi connectivity index (χ0n) is 11.0. The Morgan fingerprint density at radius 1 is 1.44 bits per heavy atom. The van der Waals surface area contributed by atoms with Gasteiger partial charge in [-0.1, -0.05) is 38.3 Å². The summed E-state index contributed by atoms with van der Waals surface area (Å²) in [5, 5.41) is 0. The third-order valence-corrected chi connectivity index (χ3v) is 3.60. The average molecular weight is 224 g/mol. The van der Waals surface area contributed by atoms with Gasteiger partial charge in [-0.3, -0.25) is 11.3 Å². The van der Waals surface area contributed by atoms with Gasteiger partial charge in [0, 0.05) is 6.04 Å². The largest absolute Gasteiger partial charge is 0.271 e. The van der Waals surface area contributed by atoms with Crippen molar-refractivity contribution in [2.75, 3.05) is 0 Å². The lowest BCUT2D eigenvalue weighted by atomic mass is 9.89. The fourth-order valence-electron chi connectivity index (χ4n) is 2.71. The van der Waals surface area contributed by atoms with Gasteiger partial charge in [0.15, 0.2) is 0 Å². The third kappa shape index (κ3) is 5.13. The van der Waals surface area contributed by atoms with Crippen LogP contribution in [0, 0.1) is 5.92 Å². The quantitative estimate of drug-likeness (QED) is 0.394. The van der Waals surface area contributed by atoms with E-state index in [4.69, 9.17) is 5.84 Å². The summed E-state index contributed by atoms with van der Waals surface area (Å²) >= 11 is 0. The van der Waals surface area contributed by atoms with Crippen LogP contribution in [-0.2, 0) is 0 Å². The van der Waals surface area contributed by atoms with Crippen LogP contribution in [0.3, 0.4) is 0 Å². The molecule has 0 aromatic carbocycles. The van der Waals surface area contributed by atoms with Crippen molar-refractivity contribution in [3.05, 3.63) is 11.6 Å². The number of nitrogens with two attached hydrogens (primary N) is 1. The van der Waals surface area contributed by atoms with Crippen molar-refractivity contribution in [3.8, 4) is 0 Å². The van der Waals surface area contributed by atoms with Gasteiger partial charge >= 0.3 is 0 Å². The van der Waals surface area contributed by atoms with Gasteiger partial charge in [0.2, 0.25) is 0 Å². The van der Waals surface area contributed by atoms with Crippen LogP contribution < -0.4 is 11.3 Å².